The zero-order valence-corrected chi connectivity index (χ0v) is 20.8. The minimum absolute atomic E-state index is 0.127. The van der Waals surface area contributed by atoms with Crippen LogP contribution < -0.4 is 16.0 Å². The van der Waals surface area contributed by atoms with E-state index in [1.807, 2.05) is 51.1 Å². The molecule has 0 radical (unpaired) electrons. The Balaban J connectivity index is 1.64. The third-order valence-corrected chi connectivity index (χ3v) is 4.83. The first-order valence-corrected chi connectivity index (χ1v) is 11.8. The molecule has 0 bridgehead atoms. The third kappa shape index (κ3) is 11.0. The summed E-state index contributed by atoms with van der Waals surface area (Å²) in [5.74, 6) is -0.805. The van der Waals surface area contributed by atoms with Gasteiger partial charge in [0.2, 0.25) is 5.91 Å². The summed E-state index contributed by atoms with van der Waals surface area (Å²) in [6, 6.07) is 16.9. The molecule has 0 saturated heterocycles. The minimum atomic E-state index is -0.349. The number of esters is 1. The minimum Gasteiger partial charge on any atom is -0.466 e. The highest BCUT2D eigenvalue weighted by atomic mass is 32.1. The van der Waals surface area contributed by atoms with E-state index in [4.69, 9.17) is 17.0 Å². The molecule has 8 heteroatoms. The van der Waals surface area contributed by atoms with Crippen molar-refractivity contribution in [2.75, 3.05) is 11.9 Å². The van der Waals surface area contributed by atoms with Crippen molar-refractivity contribution in [2.45, 2.75) is 58.4 Å². The van der Waals surface area contributed by atoms with Crippen LogP contribution in [0, 0.1) is 0 Å². The van der Waals surface area contributed by atoms with Gasteiger partial charge in [-0.25, -0.2) is 0 Å². The van der Waals surface area contributed by atoms with Crippen LogP contribution in [-0.4, -0.2) is 35.0 Å². The fraction of sp³-hybridized carbons (Fsp3) is 0.385. The van der Waals surface area contributed by atoms with Crippen LogP contribution in [-0.2, 0) is 20.7 Å². The van der Waals surface area contributed by atoms with Crippen molar-refractivity contribution in [2.24, 2.45) is 0 Å². The molecule has 2 rings (SSSR count). The molecule has 0 unspecified atom stereocenters. The lowest BCUT2D eigenvalue weighted by molar-refractivity contribution is -0.143. The number of amides is 2. The van der Waals surface area contributed by atoms with E-state index in [0.29, 0.717) is 24.3 Å². The first-order valence-electron chi connectivity index (χ1n) is 11.4. The molecule has 3 N–H and O–H groups in total. The van der Waals surface area contributed by atoms with Crippen molar-refractivity contribution >= 4 is 40.8 Å². The van der Waals surface area contributed by atoms with E-state index < -0.39 is 0 Å². The second kappa shape index (κ2) is 13.4. The molecular weight excluding hydrogens is 450 g/mol. The second-order valence-corrected chi connectivity index (χ2v) is 9.36. The molecule has 0 fully saturated rings. The first-order chi connectivity index (χ1) is 16.1. The molecule has 2 aromatic carbocycles. The van der Waals surface area contributed by atoms with Gasteiger partial charge in [0.05, 0.1) is 6.61 Å². The number of hydrogen-bond donors (Lipinski definition) is 3. The lowest BCUT2D eigenvalue weighted by Crippen LogP contribution is -2.40. The smallest absolute Gasteiger partial charge is 0.305 e. The Hall–Kier alpha value is -3.26. The average molecular weight is 484 g/mol. The largest absolute Gasteiger partial charge is 0.466 e. The normalized spacial score (nSPS) is 10.8. The molecule has 0 aliphatic carbocycles. The summed E-state index contributed by atoms with van der Waals surface area (Å²) >= 11 is 5.19. The molecule has 2 aromatic rings. The van der Waals surface area contributed by atoms with Crippen molar-refractivity contribution in [1.29, 1.82) is 0 Å². The number of nitrogens with one attached hydrogen (secondary N) is 3. The summed E-state index contributed by atoms with van der Waals surface area (Å²) < 4.78 is 5.22. The lowest BCUT2D eigenvalue weighted by atomic mass is 10.1. The van der Waals surface area contributed by atoms with Gasteiger partial charge in [-0.2, -0.15) is 0 Å². The van der Waals surface area contributed by atoms with E-state index in [9.17, 15) is 14.4 Å². The molecule has 0 spiro atoms. The summed E-state index contributed by atoms with van der Waals surface area (Å²) in [6.45, 7) is 6.08. The maximum Gasteiger partial charge on any atom is 0.305 e. The van der Waals surface area contributed by atoms with Crippen LogP contribution in [0.1, 0.15) is 62.4 Å². The molecule has 182 valence electrons. The fourth-order valence-electron chi connectivity index (χ4n) is 3.07. The van der Waals surface area contributed by atoms with Crippen LogP contribution in [0.2, 0.25) is 0 Å². The highest BCUT2D eigenvalue weighted by Crippen LogP contribution is 2.12. The average Bonchev–Trinajstić information content (AvgIpc) is 2.76. The van der Waals surface area contributed by atoms with Gasteiger partial charge in [0.25, 0.3) is 5.91 Å². The lowest BCUT2D eigenvalue weighted by Gasteiger charge is -2.20. The van der Waals surface area contributed by atoms with Crippen LogP contribution >= 0.6 is 12.2 Å². The Morgan fingerprint density at radius 1 is 0.941 bits per heavy atom. The quantitative estimate of drug-likeness (QED) is 0.264. The summed E-state index contributed by atoms with van der Waals surface area (Å²) in [4.78, 5) is 36.3. The molecule has 0 aliphatic heterocycles. The van der Waals surface area contributed by atoms with Gasteiger partial charge in [0.1, 0.15) is 0 Å². The Kier molecular flexibility index (Phi) is 10.7. The van der Waals surface area contributed by atoms with Crippen LogP contribution in [0.15, 0.2) is 54.6 Å². The highest BCUT2D eigenvalue weighted by Gasteiger charge is 2.15. The summed E-state index contributed by atoms with van der Waals surface area (Å²) in [7, 11) is 0. The monoisotopic (exact) mass is 483 g/mol. The Morgan fingerprint density at radius 3 is 2.38 bits per heavy atom. The van der Waals surface area contributed by atoms with Crippen LogP contribution in [0.4, 0.5) is 5.69 Å². The van der Waals surface area contributed by atoms with Crippen molar-refractivity contribution in [3.8, 4) is 0 Å². The third-order valence-electron chi connectivity index (χ3n) is 4.62. The molecule has 2 amide bonds. The molecule has 0 saturated carbocycles. The predicted molar refractivity (Wildman–Crippen MR) is 138 cm³/mol. The van der Waals surface area contributed by atoms with Crippen LogP contribution in [0.5, 0.6) is 0 Å². The SMILES string of the molecule is CC(C)(C)NC(=O)c1cccc(NC(=S)NC(=O)CCCC(=O)OCCCc2ccccc2)c1. The molecule has 7 nitrogen and oxygen atoms in total. The number of ether oxygens (including phenoxy) is 1. The summed E-state index contributed by atoms with van der Waals surface area (Å²) in [5.41, 5.74) is 1.93. The second-order valence-electron chi connectivity index (χ2n) is 8.95. The standard InChI is InChI=1S/C26H33N3O4S/c1-26(2,3)29-24(32)20-13-7-14-21(18-20)27-25(34)28-22(30)15-8-16-23(31)33-17-9-12-19-10-5-4-6-11-19/h4-7,10-11,13-14,18H,8-9,12,15-17H2,1-3H3,(H,29,32)(H2,27,28,30,34). The predicted octanol–water partition coefficient (Wildman–Crippen LogP) is 4.37. The summed E-state index contributed by atoms with van der Waals surface area (Å²) in [5, 5.41) is 8.52. The van der Waals surface area contributed by atoms with Gasteiger partial charge in [-0.15, -0.1) is 0 Å². The van der Waals surface area contributed by atoms with Gasteiger partial charge in [-0.1, -0.05) is 36.4 Å². The maximum atomic E-state index is 12.3. The topological polar surface area (TPSA) is 96.5 Å². The van der Waals surface area contributed by atoms with E-state index in [1.165, 1.54) is 5.56 Å². The number of carbonyl (C=O) groups is 3. The number of thiocarbonyl (C=S) groups is 1. The molecule has 0 aliphatic rings. The fourth-order valence-corrected chi connectivity index (χ4v) is 3.31. The number of carbonyl (C=O) groups excluding carboxylic acids is 3. The van der Waals surface area contributed by atoms with Crippen molar-refractivity contribution in [3.63, 3.8) is 0 Å². The van der Waals surface area contributed by atoms with Gasteiger partial charge < -0.3 is 20.7 Å². The number of benzene rings is 2. The van der Waals surface area contributed by atoms with Gasteiger partial charge >= 0.3 is 5.97 Å². The Morgan fingerprint density at radius 2 is 1.68 bits per heavy atom. The zero-order chi connectivity index (χ0) is 25.0. The number of rotatable bonds is 10. The van der Waals surface area contributed by atoms with Crippen molar-refractivity contribution in [1.82, 2.24) is 10.6 Å². The van der Waals surface area contributed by atoms with E-state index in [-0.39, 0.29) is 41.3 Å². The summed E-state index contributed by atoms with van der Waals surface area (Å²) in [6.07, 6.45) is 2.30. The number of anilines is 1. The zero-order valence-electron chi connectivity index (χ0n) is 20.0. The molecule has 0 atom stereocenters. The molecule has 34 heavy (non-hydrogen) atoms. The van der Waals surface area contributed by atoms with E-state index in [0.717, 1.165) is 12.8 Å². The Bertz CT molecular complexity index is 987. The molecular formula is C26H33N3O4S. The Labute approximate surface area is 206 Å². The van der Waals surface area contributed by atoms with Gasteiger partial charge in [-0.3, -0.25) is 14.4 Å². The van der Waals surface area contributed by atoms with Gasteiger partial charge in [0.15, 0.2) is 5.11 Å². The van der Waals surface area contributed by atoms with E-state index >= 15 is 0 Å². The first kappa shape index (κ1) is 27.0. The van der Waals surface area contributed by atoms with Crippen molar-refractivity contribution < 1.29 is 19.1 Å². The maximum absolute atomic E-state index is 12.3. The number of aryl methyl sites for hydroxylation is 1. The molecule has 0 aromatic heterocycles. The van der Waals surface area contributed by atoms with E-state index in [1.54, 1.807) is 24.3 Å². The van der Waals surface area contributed by atoms with E-state index in [2.05, 4.69) is 16.0 Å². The number of hydrogen-bond acceptors (Lipinski definition) is 5. The van der Waals surface area contributed by atoms with Gasteiger partial charge in [0, 0.05) is 29.6 Å². The van der Waals surface area contributed by atoms with Crippen LogP contribution in [0.25, 0.3) is 0 Å². The van der Waals surface area contributed by atoms with Crippen LogP contribution in [0.3, 0.4) is 0 Å². The highest BCUT2D eigenvalue weighted by molar-refractivity contribution is 7.80. The van der Waals surface area contributed by atoms with Crippen molar-refractivity contribution in [3.05, 3.63) is 65.7 Å². The van der Waals surface area contributed by atoms with Gasteiger partial charge in [-0.05, 0) is 76.0 Å². The molecule has 0 heterocycles.